The molecule has 0 aliphatic rings. The first-order chi connectivity index (χ1) is 7.58. The number of hydrogen-bond donors (Lipinski definition) is 1. The Morgan fingerprint density at radius 2 is 2.12 bits per heavy atom. The molecule has 0 saturated heterocycles. The minimum Gasteiger partial charge on any atom is -0.396 e. The Labute approximate surface area is 94.4 Å². The van der Waals surface area contributed by atoms with E-state index in [0.29, 0.717) is 17.6 Å². The third kappa shape index (κ3) is 3.14. The summed E-state index contributed by atoms with van der Waals surface area (Å²) in [6, 6.07) is 3.45. The maximum Gasteiger partial charge on any atom is 0.133 e. The van der Waals surface area contributed by atoms with Crippen molar-refractivity contribution < 1.29 is 13.9 Å². The second-order valence-corrected chi connectivity index (χ2v) is 3.89. The van der Waals surface area contributed by atoms with E-state index in [9.17, 15) is 8.78 Å². The van der Waals surface area contributed by atoms with Crippen LogP contribution in [0.15, 0.2) is 24.8 Å². The molecule has 0 saturated carbocycles. The van der Waals surface area contributed by atoms with E-state index >= 15 is 0 Å². The maximum absolute atomic E-state index is 13.4. The van der Waals surface area contributed by atoms with Crippen molar-refractivity contribution in [2.24, 2.45) is 5.92 Å². The minimum atomic E-state index is -0.599. The van der Waals surface area contributed by atoms with E-state index in [1.165, 1.54) is 12.1 Å². The molecule has 0 heterocycles. The van der Waals surface area contributed by atoms with Gasteiger partial charge in [-0.2, -0.15) is 0 Å². The van der Waals surface area contributed by atoms with E-state index in [1.807, 2.05) is 6.92 Å². The van der Waals surface area contributed by atoms with Crippen LogP contribution in [-0.4, -0.2) is 11.7 Å². The molecule has 0 aliphatic carbocycles. The predicted molar refractivity (Wildman–Crippen MR) is 60.9 cm³/mol. The van der Waals surface area contributed by atoms with Crippen LogP contribution in [0.25, 0.3) is 5.57 Å². The number of aliphatic hydroxyl groups excluding tert-OH is 1. The first kappa shape index (κ1) is 12.8. The van der Waals surface area contributed by atoms with Crippen molar-refractivity contribution >= 4 is 5.57 Å². The quantitative estimate of drug-likeness (QED) is 0.816. The highest BCUT2D eigenvalue weighted by Gasteiger charge is 2.12. The normalized spacial score (nSPS) is 12.5. The summed E-state index contributed by atoms with van der Waals surface area (Å²) in [5.74, 6) is -1.11. The van der Waals surface area contributed by atoms with Crippen molar-refractivity contribution in [2.75, 3.05) is 6.61 Å². The molecule has 1 atom stereocenters. The molecule has 1 rings (SSSR count). The topological polar surface area (TPSA) is 20.2 Å². The van der Waals surface area contributed by atoms with E-state index in [1.54, 1.807) is 0 Å². The molecule has 0 bridgehead atoms. The zero-order valence-electron chi connectivity index (χ0n) is 9.34. The molecule has 1 N–H and O–H groups in total. The molecule has 1 nitrogen and oxygen atoms in total. The highest BCUT2D eigenvalue weighted by atomic mass is 19.1. The van der Waals surface area contributed by atoms with Gasteiger partial charge in [0.1, 0.15) is 11.6 Å². The summed E-state index contributed by atoms with van der Waals surface area (Å²) >= 11 is 0. The van der Waals surface area contributed by atoms with E-state index < -0.39 is 11.6 Å². The predicted octanol–water partition coefficient (Wildman–Crippen LogP) is 3.39. The second kappa shape index (κ2) is 5.75. The number of allylic oxidation sites excluding steroid dienone is 1. The SMILES string of the molecule is C=C(CC(CC)CO)c1ccc(F)cc1F. The fourth-order valence-electron chi connectivity index (χ4n) is 1.57. The van der Waals surface area contributed by atoms with Crippen LogP contribution in [0.1, 0.15) is 25.3 Å². The first-order valence-electron chi connectivity index (χ1n) is 5.32. The Morgan fingerprint density at radius 1 is 1.44 bits per heavy atom. The molecule has 88 valence electrons. The molecule has 16 heavy (non-hydrogen) atoms. The van der Waals surface area contributed by atoms with Crippen molar-refractivity contribution in [3.8, 4) is 0 Å². The van der Waals surface area contributed by atoms with Gasteiger partial charge in [-0.05, 0) is 30.0 Å². The summed E-state index contributed by atoms with van der Waals surface area (Å²) in [4.78, 5) is 0. The van der Waals surface area contributed by atoms with Gasteiger partial charge < -0.3 is 5.11 Å². The number of rotatable bonds is 5. The zero-order chi connectivity index (χ0) is 12.1. The molecule has 3 heteroatoms. The molecule has 0 aromatic heterocycles. The summed E-state index contributed by atoms with van der Waals surface area (Å²) < 4.78 is 26.1. The molecular weight excluding hydrogens is 210 g/mol. The van der Waals surface area contributed by atoms with Gasteiger partial charge in [0, 0.05) is 18.2 Å². The van der Waals surface area contributed by atoms with Gasteiger partial charge in [-0.3, -0.25) is 0 Å². The Morgan fingerprint density at radius 3 is 2.62 bits per heavy atom. The molecular formula is C13H16F2O. The Bertz CT molecular complexity index is 370. The van der Waals surface area contributed by atoms with Crippen LogP contribution in [0.2, 0.25) is 0 Å². The maximum atomic E-state index is 13.4. The van der Waals surface area contributed by atoms with Crippen LogP contribution >= 0.6 is 0 Å². The van der Waals surface area contributed by atoms with Gasteiger partial charge in [0.15, 0.2) is 0 Å². The molecule has 1 unspecified atom stereocenters. The number of halogens is 2. The molecule has 0 spiro atoms. The fraction of sp³-hybridized carbons (Fsp3) is 0.385. The summed E-state index contributed by atoms with van der Waals surface area (Å²) in [6.07, 6.45) is 1.33. The minimum absolute atomic E-state index is 0.0539. The van der Waals surface area contributed by atoms with Crippen molar-refractivity contribution in [3.05, 3.63) is 42.0 Å². The van der Waals surface area contributed by atoms with Crippen LogP contribution in [0.5, 0.6) is 0 Å². The van der Waals surface area contributed by atoms with Crippen molar-refractivity contribution in [1.82, 2.24) is 0 Å². The van der Waals surface area contributed by atoms with Gasteiger partial charge in [0.25, 0.3) is 0 Å². The lowest BCUT2D eigenvalue weighted by molar-refractivity contribution is 0.225. The molecule has 0 radical (unpaired) electrons. The number of benzene rings is 1. The van der Waals surface area contributed by atoms with Crippen molar-refractivity contribution in [2.45, 2.75) is 19.8 Å². The largest absolute Gasteiger partial charge is 0.396 e. The molecule has 0 aliphatic heterocycles. The summed E-state index contributed by atoms with van der Waals surface area (Å²) in [7, 11) is 0. The summed E-state index contributed by atoms with van der Waals surface area (Å²) in [5, 5.41) is 9.04. The first-order valence-corrected chi connectivity index (χ1v) is 5.32. The Hall–Kier alpha value is -1.22. The smallest absolute Gasteiger partial charge is 0.133 e. The third-order valence-corrected chi connectivity index (χ3v) is 2.68. The third-order valence-electron chi connectivity index (χ3n) is 2.68. The summed E-state index contributed by atoms with van der Waals surface area (Å²) in [5.41, 5.74) is 0.923. The molecule has 1 aromatic carbocycles. The van der Waals surface area contributed by atoms with Crippen LogP contribution in [0.3, 0.4) is 0 Å². The second-order valence-electron chi connectivity index (χ2n) is 3.89. The van der Waals surface area contributed by atoms with Gasteiger partial charge in [0.2, 0.25) is 0 Å². The number of aliphatic hydroxyl groups is 1. The van der Waals surface area contributed by atoms with Gasteiger partial charge in [-0.25, -0.2) is 8.78 Å². The van der Waals surface area contributed by atoms with Crippen LogP contribution in [0, 0.1) is 17.6 Å². The Kier molecular flexibility index (Phi) is 4.62. The molecule has 0 fully saturated rings. The zero-order valence-corrected chi connectivity index (χ0v) is 9.34. The van der Waals surface area contributed by atoms with Gasteiger partial charge >= 0.3 is 0 Å². The van der Waals surface area contributed by atoms with Crippen LogP contribution in [0.4, 0.5) is 8.78 Å². The fourth-order valence-corrected chi connectivity index (χ4v) is 1.57. The lowest BCUT2D eigenvalue weighted by Gasteiger charge is -2.14. The average Bonchev–Trinajstić information content (AvgIpc) is 2.25. The lowest BCUT2D eigenvalue weighted by Crippen LogP contribution is -2.05. The highest BCUT2D eigenvalue weighted by molar-refractivity contribution is 5.63. The van der Waals surface area contributed by atoms with Crippen molar-refractivity contribution in [3.63, 3.8) is 0 Å². The van der Waals surface area contributed by atoms with Gasteiger partial charge in [-0.15, -0.1) is 0 Å². The summed E-state index contributed by atoms with van der Waals surface area (Å²) in [6.45, 7) is 5.79. The standard InChI is InChI=1S/C13H16F2O/c1-3-10(8-16)6-9(2)12-5-4-11(14)7-13(12)15/h4-5,7,10,16H,2-3,6,8H2,1H3. The van der Waals surface area contributed by atoms with Gasteiger partial charge in [-0.1, -0.05) is 19.9 Å². The van der Waals surface area contributed by atoms with Crippen molar-refractivity contribution in [1.29, 1.82) is 0 Å². The number of hydrogen-bond acceptors (Lipinski definition) is 1. The van der Waals surface area contributed by atoms with E-state index in [0.717, 1.165) is 12.5 Å². The van der Waals surface area contributed by atoms with E-state index in [2.05, 4.69) is 6.58 Å². The Balaban J connectivity index is 2.80. The molecule has 0 amide bonds. The van der Waals surface area contributed by atoms with E-state index in [4.69, 9.17) is 5.11 Å². The van der Waals surface area contributed by atoms with E-state index in [-0.39, 0.29) is 12.5 Å². The van der Waals surface area contributed by atoms with Gasteiger partial charge in [0.05, 0.1) is 0 Å². The van der Waals surface area contributed by atoms with Crippen LogP contribution in [-0.2, 0) is 0 Å². The van der Waals surface area contributed by atoms with Crippen LogP contribution < -0.4 is 0 Å². The lowest BCUT2D eigenvalue weighted by atomic mass is 9.94. The monoisotopic (exact) mass is 226 g/mol. The molecule has 1 aromatic rings. The average molecular weight is 226 g/mol. The highest BCUT2D eigenvalue weighted by Crippen LogP contribution is 2.25.